The van der Waals surface area contributed by atoms with Crippen molar-refractivity contribution >= 4 is 5.97 Å². The average molecular weight is 221 g/mol. The highest BCUT2D eigenvalue weighted by molar-refractivity contribution is 5.88. The van der Waals surface area contributed by atoms with Gasteiger partial charge in [-0.15, -0.1) is 0 Å². The van der Waals surface area contributed by atoms with Crippen molar-refractivity contribution in [1.82, 2.24) is 4.90 Å². The molecule has 1 aliphatic heterocycles. The number of ether oxygens (including phenoxy) is 1. The predicted molar refractivity (Wildman–Crippen MR) is 59.8 cm³/mol. The van der Waals surface area contributed by atoms with E-state index < -0.39 is 5.97 Å². The van der Waals surface area contributed by atoms with Crippen molar-refractivity contribution in [1.29, 1.82) is 0 Å². The molecule has 1 heterocycles. The van der Waals surface area contributed by atoms with E-state index in [1.807, 2.05) is 13.1 Å². The van der Waals surface area contributed by atoms with Gasteiger partial charge in [0.25, 0.3) is 0 Å². The van der Waals surface area contributed by atoms with Crippen molar-refractivity contribution < 1.29 is 14.6 Å². The Labute approximate surface area is 94.4 Å². The number of carboxylic acid groups (broad SMARTS) is 1. The van der Waals surface area contributed by atoms with Gasteiger partial charge in [0.05, 0.1) is 5.56 Å². The van der Waals surface area contributed by atoms with Crippen molar-refractivity contribution in [2.45, 2.75) is 19.5 Å². The summed E-state index contributed by atoms with van der Waals surface area (Å²) in [7, 11) is 2.04. The number of nitrogens with zero attached hydrogens (tertiary/aromatic N) is 1. The molecule has 0 saturated heterocycles. The number of fused-ring (bicyclic) bond motifs is 1. The lowest BCUT2D eigenvalue weighted by atomic mass is 10.1. The summed E-state index contributed by atoms with van der Waals surface area (Å²) in [6.07, 6.45) is 0. The maximum absolute atomic E-state index is 10.8. The molecule has 1 atom stereocenters. The summed E-state index contributed by atoms with van der Waals surface area (Å²) in [6, 6.07) is 5.38. The molecule has 0 fully saturated rings. The molecule has 1 aromatic carbocycles. The highest BCUT2D eigenvalue weighted by atomic mass is 16.5. The Morgan fingerprint density at radius 2 is 2.31 bits per heavy atom. The van der Waals surface area contributed by atoms with Crippen LogP contribution in [-0.2, 0) is 6.54 Å². The van der Waals surface area contributed by atoms with Gasteiger partial charge in [0.1, 0.15) is 12.4 Å². The second-order valence-electron chi connectivity index (χ2n) is 4.20. The number of carbonyl (C=O) groups is 1. The van der Waals surface area contributed by atoms with E-state index in [-0.39, 0.29) is 5.56 Å². The molecule has 4 heteroatoms. The Bertz CT molecular complexity index is 417. The van der Waals surface area contributed by atoms with E-state index >= 15 is 0 Å². The number of carboxylic acids is 1. The molecule has 1 aliphatic rings. The van der Waals surface area contributed by atoms with Crippen LogP contribution in [0.25, 0.3) is 0 Å². The second-order valence-corrected chi connectivity index (χ2v) is 4.20. The summed E-state index contributed by atoms with van der Waals surface area (Å²) in [5, 5.41) is 8.89. The largest absolute Gasteiger partial charge is 0.492 e. The van der Waals surface area contributed by atoms with Gasteiger partial charge in [-0.3, -0.25) is 4.90 Å². The summed E-state index contributed by atoms with van der Waals surface area (Å²) < 4.78 is 5.62. The number of hydrogen-bond donors (Lipinski definition) is 1. The van der Waals surface area contributed by atoms with Crippen LogP contribution in [0.3, 0.4) is 0 Å². The molecule has 0 amide bonds. The molecule has 0 radical (unpaired) electrons. The van der Waals surface area contributed by atoms with Crippen molar-refractivity contribution in [2.24, 2.45) is 0 Å². The third-order valence-corrected chi connectivity index (χ3v) is 2.97. The van der Waals surface area contributed by atoms with Gasteiger partial charge in [-0.1, -0.05) is 6.07 Å². The van der Waals surface area contributed by atoms with Crippen LogP contribution >= 0.6 is 0 Å². The van der Waals surface area contributed by atoms with E-state index in [9.17, 15) is 4.79 Å². The van der Waals surface area contributed by atoms with Gasteiger partial charge in [0.2, 0.25) is 0 Å². The van der Waals surface area contributed by atoms with Gasteiger partial charge in [0.15, 0.2) is 0 Å². The van der Waals surface area contributed by atoms with Crippen LogP contribution in [0.4, 0.5) is 0 Å². The Hall–Kier alpha value is -1.55. The average Bonchev–Trinajstić information content (AvgIpc) is 2.39. The summed E-state index contributed by atoms with van der Waals surface area (Å²) in [4.78, 5) is 13.0. The monoisotopic (exact) mass is 221 g/mol. The van der Waals surface area contributed by atoms with Crippen molar-refractivity contribution in [3.05, 3.63) is 29.3 Å². The van der Waals surface area contributed by atoms with Gasteiger partial charge in [-0.05, 0) is 26.1 Å². The summed E-state index contributed by atoms with van der Waals surface area (Å²) >= 11 is 0. The number of rotatable bonds is 1. The molecule has 0 aromatic heterocycles. The molecule has 1 N–H and O–H groups in total. The van der Waals surface area contributed by atoms with Crippen LogP contribution < -0.4 is 4.74 Å². The van der Waals surface area contributed by atoms with Crippen LogP contribution in [0.15, 0.2) is 18.2 Å². The molecule has 4 nitrogen and oxygen atoms in total. The zero-order chi connectivity index (χ0) is 11.7. The number of hydrogen-bond acceptors (Lipinski definition) is 3. The quantitative estimate of drug-likeness (QED) is 0.782. The summed E-state index contributed by atoms with van der Waals surface area (Å²) in [5.74, 6) is -0.229. The normalized spacial score (nSPS) is 20.8. The van der Waals surface area contributed by atoms with E-state index in [0.29, 0.717) is 18.4 Å². The SMILES string of the molecule is CC1COc2cc(C(=O)O)ccc2CN1C. The van der Waals surface area contributed by atoms with Gasteiger partial charge >= 0.3 is 5.97 Å². The molecule has 2 rings (SSSR count). The van der Waals surface area contributed by atoms with E-state index in [0.717, 1.165) is 12.1 Å². The first-order chi connectivity index (χ1) is 7.58. The molecule has 0 bridgehead atoms. The number of likely N-dealkylation sites (N-methyl/N-ethyl adjacent to an activating group) is 1. The van der Waals surface area contributed by atoms with Crippen LogP contribution in [0.5, 0.6) is 5.75 Å². The summed E-state index contributed by atoms with van der Waals surface area (Å²) in [6.45, 7) is 3.47. The van der Waals surface area contributed by atoms with Crippen molar-refractivity contribution in [2.75, 3.05) is 13.7 Å². The van der Waals surface area contributed by atoms with Crippen LogP contribution in [-0.4, -0.2) is 35.7 Å². The first-order valence-electron chi connectivity index (χ1n) is 5.27. The lowest BCUT2D eigenvalue weighted by molar-refractivity contribution is 0.0696. The highest BCUT2D eigenvalue weighted by Gasteiger charge is 2.19. The smallest absolute Gasteiger partial charge is 0.335 e. The van der Waals surface area contributed by atoms with E-state index in [1.54, 1.807) is 12.1 Å². The Morgan fingerprint density at radius 3 is 3.00 bits per heavy atom. The molecule has 0 spiro atoms. The van der Waals surface area contributed by atoms with Crippen LogP contribution in [0.2, 0.25) is 0 Å². The number of benzene rings is 1. The molecule has 1 aromatic rings. The van der Waals surface area contributed by atoms with Crippen LogP contribution in [0.1, 0.15) is 22.8 Å². The van der Waals surface area contributed by atoms with E-state index in [4.69, 9.17) is 9.84 Å². The predicted octanol–water partition coefficient (Wildman–Crippen LogP) is 1.60. The van der Waals surface area contributed by atoms with Crippen molar-refractivity contribution in [3.8, 4) is 5.75 Å². The molecule has 1 unspecified atom stereocenters. The fraction of sp³-hybridized carbons (Fsp3) is 0.417. The van der Waals surface area contributed by atoms with E-state index in [1.165, 1.54) is 0 Å². The summed E-state index contributed by atoms with van der Waals surface area (Å²) in [5.41, 5.74) is 1.31. The second kappa shape index (κ2) is 4.14. The molecule has 16 heavy (non-hydrogen) atoms. The minimum Gasteiger partial charge on any atom is -0.492 e. The standard InChI is InChI=1S/C12H15NO3/c1-8-7-16-11-5-9(12(14)15)3-4-10(11)6-13(8)2/h3-5,8H,6-7H2,1-2H3,(H,14,15). The maximum atomic E-state index is 10.8. The first kappa shape index (κ1) is 11.0. The zero-order valence-electron chi connectivity index (χ0n) is 9.43. The highest BCUT2D eigenvalue weighted by Crippen LogP contribution is 2.25. The minimum atomic E-state index is -0.919. The minimum absolute atomic E-state index is 0.274. The number of aromatic carboxylic acids is 1. The fourth-order valence-electron chi connectivity index (χ4n) is 1.71. The molecular weight excluding hydrogens is 206 g/mol. The Morgan fingerprint density at radius 1 is 1.56 bits per heavy atom. The lowest BCUT2D eigenvalue weighted by Gasteiger charge is -2.19. The maximum Gasteiger partial charge on any atom is 0.335 e. The van der Waals surface area contributed by atoms with Gasteiger partial charge < -0.3 is 9.84 Å². The van der Waals surface area contributed by atoms with Crippen molar-refractivity contribution in [3.63, 3.8) is 0 Å². The molecular formula is C12H15NO3. The molecule has 86 valence electrons. The van der Waals surface area contributed by atoms with Crippen LogP contribution in [0, 0.1) is 0 Å². The lowest BCUT2D eigenvalue weighted by Crippen LogP contribution is -2.31. The fourth-order valence-corrected chi connectivity index (χ4v) is 1.71. The first-order valence-corrected chi connectivity index (χ1v) is 5.27. The Kier molecular flexibility index (Phi) is 2.83. The third-order valence-electron chi connectivity index (χ3n) is 2.97. The molecule has 0 saturated carbocycles. The van der Waals surface area contributed by atoms with Gasteiger partial charge in [0, 0.05) is 18.2 Å². The third kappa shape index (κ3) is 2.02. The molecule has 0 aliphatic carbocycles. The topological polar surface area (TPSA) is 49.8 Å². The zero-order valence-corrected chi connectivity index (χ0v) is 9.43. The Balaban J connectivity index is 2.34. The van der Waals surface area contributed by atoms with Gasteiger partial charge in [-0.25, -0.2) is 4.79 Å². The van der Waals surface area contributed by atoms with Gasteiger partial charge in [-0.2, -0.15) is 0 Å². The van der Waals surface area contributed by atoms with E-state index in [2.05, 4.69) is 11.8 Å².